The molecule has 0 aliphatic heterocycles. The van der Waals surface area contributed by atoms with Crippen molar-refractivity contribution < 1.29 is 9.21 Å². The van der Waals surface area contributed by atoms with Gasteiger partial charge in [0.2, 0.25) is 0 Å². The summed E-state index contributed by atoms with van der Waals surface area (Å²) in [5.74, 6) is 0.511. The Hall–Kier alpha value is -2.90. The van der Waals surface area contributed by atoms with Gasteiger partial charge in [-0.3, -0.25) is 14.8 Å². The SMILES string of the molecule is Cc1ccc(-c2nc(NC(=O)c3ccc(Cn4nc(C)c(Cl)c4C)o3)sc2C)cc1. The maximum absolute atomic E-state index is 12.6. The zero-order valence-corrected chi connectivity index (χ0v) is 18.7. The number of amides is 1. The Labute approximate surface area is 183 Å². The number of rotatable bonds is 5. The molecular formula is C22H21ClN4O2S. The van der Waals surface area contributed by atoms with Crippen LogP contribution in [0.15, 0.2) is 40.8 Å². The Bertz CT molecular complexity index is 1220. The summed E-state index contributed by atoms with van der Waals surface area (Å²) in [6.45, 7) is 8.20. The first-order valence-electron chi connectivity index (χ1n) is 9.46. The lowest BCUT2D eigenvalue weighted by Gasteiger charge is -2.02. The zero-order chi connectivity index (χ0) is 21.4. The Morgan fingerprint density at radius 1 is 1.13 bits per heavy atom. The number of carbonyl (C=O) groups excluding carboxylic acids is 1. The van der Waals surface area contributed by atoms with Gasteiger partial charge in [0.05, 0.1) is 28.6 Å². The molecule has 0 atom stereocenters. The second-order valence-corrected chi connectivity index (χ2v) is 8.73. The van der Waals surface area contributed by atoms with E-state index in [1.54, 1.807) is 16.8 Å². The van der Waals surface area contributed by atoms with Crippen molar-refractivity contribution >= 4 is 34.0 Å². The number of benzene rings is 1. The number of nitrogens with one attached hydrogen (secondary N) is 1. The van der Waals surface area contributed by atoms with Crippen LogP contribution in [-0.2, 0) is 6.54 Å². The average Bonchev–Trinajstić information content (AvgIpc) is 3.39. The fourth-order valence-electron chi connectivity index (χ4n) is 3.15. The van der Waals surface area contributed by atoms with Crippen LogP contribution in [0, 0.1) is 27.7 Å². The lowest BCUT2D eigenvalue weighted by Crippen LogP contribution is -2.10. The van der Waals surface area contributed by atoms with Gasteiger partial charge in [0.1, 0.15) is 5.76 Å². The molecule has 4 aromatic rings. The average molecular weight is 441 g/mol. The van der Waals surface area contributed by atoms with Crippen LogP contribution in [0.3, 0.4) is 0 Å². The molecule has 0 saturated heterocycles. The molecule has 1 N–H and O–H groups in total. The van der Waals surface area contributed by atoms with E-state index in [1.165, 1.54) is 16.9 Å². The molecular weight excluding hydrogens is 420 g/mol. The highest BCUT2D eigenvalue weighted by atomic mass is 35.5. The number of furan rings is 1. The molecule has 0 aliphatic carbocycles. The molecule has 1 aromatic carbocycles. The van der Waals surface area contributed by atoms with Gasteiger partial charge in [-0.15, -0.1) is 11.3 Å². The number of anilines is 1. The van der Waals surface area contributed by atoms with E-state index in [2.05, 4.69) is 15.4 Å². The van der Waals surface area contributed by atoms with Gasteiger partial charge in [0.15, 0.2) is 10.9 Å². The highest BCUT2D eigenvalue weighted by molar-refractivity contribution is 7.16. The van der Waals surface area contributed by atoms with Crippen LogP contribution >= 0.6 is 22.9 Å². The highest BCUT2D eigenvalue weighted by Gasteiger charge is 2.17. The van der Waals surface area contributed by atoms with Gasteiger partial charge in [-0.25, -0.2) is 4.98 Å². The van der Waals surface area contributed by atoms with Gasteiger partial charge in [0.25, 0.3) is 5.91 Å². The van der Waals surface area contributed by atoms with E-state index in [0.29, 0.717) is 22.5 Å². The van der Waals surface area contributed by atoms with Gasteiger partial charge in [-0.2, -0.15) is 5.10 Å². The summed E-state index contributed by atoms with van der Waals surface area (Å²) >= 11 is 7.63. The van der Waals surface area contributed by atoms with E-state index in [-0.39, 0.29) is 11.7 Å². The van der Waals surface area contributed by atoms with Crippen molar-refractivity contribution in [2.24, 2.45) is 0 Å². The van der Waals surface area contributed by atoms with Crippen LogP contribution in [0.1, 0.15) is 38.1 Å². The van der Waals surface area contributed by atoms with E-state index < -0.39 is 0 Å². The van der Waals surface area contributed by atoms with Crippen molar-refractivity contribution in [3.05, 3.63) is 74.8 Å². The summed E-state index contributed by atoms with van der Waals surface area (Å²) in [5, 5.41) is 8.40. The number of carbonyl (C=O) groups is 1. The highest BCUT2D eigenvalue weighted by Crippen LogP contribution is 2.31. The Morgan fingerprint density at radius 2 is 1.87 bits per heavy atom. The van der Waals surface area contributed by atoms with Crippen molar-refractivity contribution in [2.45, 2.75) is 34.2 Å². The summed E-state index contributed by atoms with van der Waals surface area (Å²) in [5.41, 5.74) is 4.72. The largest absolute Gasteiger partial charge is 0.454 e. The molecule has 4 rings (SSSR count). The molecule has 0 unspecified atom stereocenters. The van der Waals surface area contributed by atoms with E-state index in [4.69, 9.17) is 16.0 Å². The first kappa shape index (κ1) is 20.4. The third kappa shape index (κ3) is 4.04. The van der Waals surface area contributed by atoms with Crippen molar-refractivity contribution in [2.75, 3.05) is 5.32 Å². The molecule has 3 aromatic heterocycles. The first-order valence-corrected chi connectivity index (χ1v) is 10.7. The number of halogens is 1. The van der Waals surface area contributed by atoms with Crippen molar-refractivity contribution in [3.63, 3.8) is 0 Å². The Kier molecular flexibility index (Phi) is 5.49. The van der Waals surface area contributed by atoms with Crippen LogP contribution in [0.5, 0.6) is 0 Å². The van der Waals surface area contributed by atoms with Crippen LogP contribution in [0.4, 0.5) is 5.13 Å². The Balaban J connectivity index is 1.48. The number of nitrogens with zero attached hydrogens (tertiary/aromatic N) is 3. The molecule has 0 spiro atoms. The molecule has 6 nitrogen and oxygen atoms in total. The molecule has 0 saturated carbocycles. The maximum atomic E-state index is 12.6. The minimum Gasteiger partial charge on any atom is -0.454 e. The monoisotopic (exact) mass is 440 g/mol. The smallest absolute Gasteiger partial charge is 0.293 e. The summed E-state index contributed by atoms with van der Waals surface area (Å²) in [4.78, 5) is 18.3. The molecule has 1 amide bonds. The normalized spacial score (nSPS) is 11.1. The molecule has 8 heteroatoms. The number of aromatic nitrogens is 3. The summed E-state index contributed by atoms with van der Waals surface area (Å²) in [7, 11) is 0. The van der Waals surface area contributed by atoms with Gasteiger partial charge in [-0.05, 0) is 39.8 Å². The molecule has 0 bridgehead atoms. The third-order valence-electron chi connectivity index (χ3n) is 4.83. The van der Waals surface area contributed by atoms with E-state index in [0.717, 1.165) is 27.5 Å². The van der Waals surface area contributed by atoms with Gasteiger partial charge in [0, 0.05) is 10.4 Å². The van der Waals surface area contributed by atoms with Crippen LogP contribution in [0.2, 0.25) is 5.02 Å². The van der Waals surface area contributed by atoms with Gasteiger partial charge >= 0.3 is 0 Å². The fourth-order valence-corrected chi connectivity index (χ4v) is 4.12. The Morgan fingerprint density at radius 3 is 2.53 bits per heavy atom. The predicted molar refractivity (Wildman–Crippen MR) is 119 cm³/mol. The van der Waals surface area contributed by atoms with Gasteiger partial charge < -0.3 is 4.42 Å². The number of thiazole rings is 1. The zero-order valence-electron chi connectivity index (χ0n) is 17.1. The van der Waals surface area contributed by atoms with Gasteiger partial charge in [-0.1, -0.05) is 41.4 Å². The minimum absolute atomic E-state index is 0.224. The minimum atomic E-state index is -0.336. The van der Waals surface area contributed by atoms with Crippen molar-refractivity contribution in [3.8, 4) is 11.3 Å². The van der Waals surface area contributed by atoms with Crippen molar-refractivity contribution in [1.82, 2.24) is 14.8 Å². The predicted octanol–water partition coefficient (Wildman–Crippen LogP) is 5.79. The second-order valence-electron chi connectivity index (χ2n) is 7.15. The quantitative estimate of drug-likeness (QED) is 0.426. The summed E-state index contributed by atoms with van der Waals surface area (Å²) < 4.78 is 7.48. The van der Waals surface area contributed by atoms with E-state index in [1.807, 2.05) is 52.0 Å². The molecule has 3 heterocycles. The first-order chi connectivity index (χ1) is 14.3. The topological polar surface area (TPSA) is 73.0 Å². The summed E-state index contributed by atoms with van der Waals surface area (Å²) in [6.07, 6.45) is 0. The lowest BCUT2D eigenvalue weighted by molar-refractivity contribution is 0.0994. The van der Waals surface area contributed by atoms with Crippen LogP contribution in [-0.4, -0.2) is 20.7 Å². The fraction of sp³-hybridized carbons (Fsp3) is 0.227. The molecule has 0 fully saturated rings. The number of hydrogen-bond acceptors (Lipinski definition) is 5. The molecule has 0 radical (unpaired) electrons. The molecule has 154 valence electrons. The van der Waals surface area contributed by atoms with E-state index in [9.17, 15) is 4.79 Å². The molecule has 0 aliphatic rings. The summed E-state index contributed by atoms with van der Waals surface area (Å²) in [6, 6.07) is 11.6. The lowest BCUT2D eigenvalue weighted by atomic mass is 10.1. The van der Waals surface area contributed by atoms with Crippen LogP contribution < -0.4 is 5.32 Å². The maximum Gasteiger partial charge on any atom is 0.293 e. The standard InChI is InChI=1S/C22H21ClN4O2S/c1-12-5-7-16(8-6-12)20-15(4)30-22(24-20)25-21(28)18-10-9-17(29-18)11-27-14(3)19(23)13(2)26-27/h5-10H,11H2,1-4H3,(H,24,25,28). The second kappa shape index (κ2) is 8.08. The number of hydrogen-bond donors (Lipinski definition) is 1. The third-order valence-corrected chi connectivity index (χ3v) is 6.26. The van der Waals surface area contributed by atoms with E-state index >= 15 is 0 Å². The van der Waals surface area contributed by atoms with Crippen molar-refractivity contribution in [1.29, 1.82) is 0 Å². The molecule has 30 heavy (non-hydrogen) atoms. The number of aryl methyl sites for hydroxylation is 3. The van der Waals surface area contributed by atoms with Crippen LogP contribution in [0.25, 0.3) is 11.3 Å².